The molecule has 1 aromatic rings. The summed E-state index contributed by atoms with van der Waals surface area (Å²) in [6.07, 6.45) is 4.01. The van der Waals surface area contributed by atoms with Gasteiger partial charge >= 0.3 is 0 Å². The van der Waals surface area contributed by atoms with Crippen LogP contribution in [-0.4, -0.2) is 36.5 Å². The van der Waals surface area contributed by atoms with Crippen LogP contribution in [0.5, 0.6) is 0 Å². The van der Waals surface area contributed by atoms with Crippen LogP contribution < -0.4 is 5.32 Å². The first kappa shape index (κ1) is 19.8. The smallest absolute Gasteiger partial charge is 0.226 e. The summed E-state index contributed by atoms with van der Waals surface area (Å²) < 4.78 is 0. The molecular weight excluding hydrogens is 367 g/mol. The van der Waals surface area contributed by atoms with E-state index in [1.807, 2.05) is 12.1 Å². The number of carbonyl (C=O) groups excluding carboxylic acids is 1. The van der Waals surface area contributed by atoms with E-state index in [0.717, 1.165) is 50.9 Å². The first-order chi connectivity index (χ1) is 11.1. The van der Waals surface area contributed by atoms with E-state index in [9.17, 15) is 4.79 Å². The van der Waals surface area contributed by atoms with Crippen molar-refractivity contribution in [2.45, 2.75) is 44.6 Å². The van der Waals surface area contributed by atoms with Crippen LogP contribution in [-0.2, 0) is 4.79 Å². The van der Waals surface area contributed by atoms with Crippen molar-refractivity contribution in [3.05, 3.63) is 33.8 Å². The first-order valence-corrected chi connectivity index (χ1v) is 9.34. The predicted molar refractivity (Wildman–Crippen MR) is 102 cm³/mol. The quantitative estimate of drug-likeness (QED) is 0.801. The monoisotopic (exact) mass is 390 g/mol. The highest BCUT2D eigenvalue weighted by Crippen LogP contribution is 2.51. The fourth-order valence-electron chi connectivity index (χ4n) is 3.66. The highest BCUT2D eigenvalue weighted by Gasteiger charge is 2.47. The number of nitrogens with zero attached hydrogens (tertiary/aromatic N) is 1. The first-order valence-electron chi connectivity index (χ1n) is 8.58. The van der Waals surface area contributed by atoms with Gasteiger partial charge in [-0.1, -0.05) is 42.3 Å². The number of halogens is 3. The average molecular weight is 392 g/mol. The SMILES string of the molecule is CCCN(C(=O)C1CC1c1cccc(Cl)c1Cl)C1CCNCC1.Cl. The number of amides is 1. The third-order valence-electron chi connectivity index (χ3n) is 4.99. The number of hydrogen-bond acceptors (Lipinski definition) is 2. The molecule has 2 atom stereocenters. The van der Waals surface area contributed by atoms with Gasteiger partial charge in [0.25, 0.3) is 0 Å². The van der Waals surface area contributed by atoms with Crippen LogP contribution in [0, 0.1) is 5.92 Å². The summed E-state index contributed by atoms with van der Waals surface area (Å²) in [6, 6.07) is 6.10. The molecule has 2 fully saturated rings. The molecular formula is C18H25Cl3N2O. The maximum atomic E-state index is 13.0. The number of hydrogen-bond donors (Lipinski definition) is 1. The van der Waals surface area contributed by atoms with Crippen molar-refractivity contribution >= 4 is 41.5 Å². The van der Waals surface area contributed by atoms with Crippen LogP contribution in [0.1, 0.15) is 44.1 Å². The Bertz CT molecular complexity index is 575. The van der Waals surface area contributed by atoms with E-state index in [0.29, 0.717) is 22.0 Å². The summed E-state index contributed by atoms with van der Waals surface area (Å²) in [5, 5.41) is 4.56. The molecule has 0 bridgehead atoms. The van der Waals surface area contributed by atoms with Gasteiger partial charge in [-0.05, 0) is 56.3 Å². The highest BCUT2D eigenvalue weighted by atomic mass is 35.5. The van der Waals surface area contributed by atoms with Crippen LogP contribution in [0.25, 0.3) is 0 Å². The zero-order valence-electron chi connectivity index (χ0n) is 13.9. The molecule has 0 aromatic heterocycles. The lowest BCUT2D eigenvalue weighted by Crippen LogP contribution is -2.47. The van der Waals surface area contributed by atoms with E-state index in [-0.39, 0.29) is 24.2 Å². The molecule has 6 heteroatoms. The molecule has 3 rings (SSSR count). The minimum atomic E-state index is 0. The molecule has 1 amide bonds. The van der Waals surface area contributed by atoms with Gasteiger partial charge in [0.15, 0.2) is 0 Å². The van der Waals surface area contributed by atoms with Gasteiger partial charge in [-0.3, -0.25) is 4.79 Å². The Balaban J connectivity index is 0.00000208. The Morgan fingerprint density at radius 2 is 2.00 bits per heavy atom. The molecule has 0 spiro atoms. The van der Waals surface area contributed by atoms with Crippen LogP contribution >= 0.6 is 35.6 Å². The molecule has 2 unspecified atom stereocenters. The third kappa shape index (κ3) is 4.19. The lowest BCUT2D eigenvalue weighted by Gasteiger charge is -2.35. The van der Waals surface area contributed by atoms with E-state index >= 15 is 0 Å². The van der Waals surface area contributed by atoms with Crippen LogP contribution in [0.4, 0.5) is 0 Å². The lowest BCUT2D eigenvalue weighted by molar-refractivity contribution is -0.135. The van der Waals surface area contributed by atoms with Gasteiger partial charge in [0.1, 0.15) is 0 Å². The van der Waals surface area contributed by atoms with E-state index < -0.39 is 0 Å². The summed E-state index contributed by atoms with van der Waals surface area (Å²) in [5.41, 5.74) is 1.03. The van der Waals surface area contributed by atoms with E-state index in [4.69, 9.17) is 23.2 Å². The van der Waals surface area contributed by atoms with Gasteiger partial charge in [-0.25, -0.2) is 0 Å². The number of benzene rings is 1. The standard InChI is InChI=1S/C18H24Cl2N2O.ClH/c1-2-10-22(12-6-8-21-9-7-12)18(23)15-11-14(15)13-4-3-5-16(19)17(13)20;/h3-5,12,14-15,21H,2,6-11H2,1H3;1H. The van der Waals surface area contributed by atoms with E-state index in [2.05, 4.69) is 17.1 Å². The van der Waals surface area contributed by atoms with Crippen molar-refractivity contribution in [1.82, 2.24) is 10.2 Å². The molecule has 24 heavy (non-hydrogen) atoms. The molecule has 1 aromatic carbocycles. The minimum absolute atomic E-state index is 0. The summed E-state index contributed by atoms with van der Waals surface area (Å²) in [7, 11) is 0. The Labute approximate surface area is 160 Å². The van der Waals surface area contributed by atoms with Gasteiger partial charge in [0, 0.05) is 18.5 Å². The summed E-state index contributed by atoms with van der Waals surface area (Å²) in [4.78, 5) is 15.1. The van der Waals surface area contributed by atoms with Crippen LogP contribution in [0.15, 0.2) is 18.2 Å². The zero-order chi connectivity index (χ0) is 16.4. The van der Waals surface area contributed by atoms with Crippen molar-refractivity contribution in [2.75, 3.05) is 19.6 Å². The second-order valence-corrected chi connectivity index (χ2v) is 7.39. The minimum Gasteiger partial charge on any atom is -0.339 e. The maximum Gasteiger partial charge on any atom is 0.226 e. The Morgan fingerprint density at radius 1 is 1.29 bits per heavy atom. The number of nitrogens with one attached hydrogen (secondary N) is 1. The Morgan fingerprint density at radius 3 is 2.67 bits per heavy atom. The lowest BCUT2D eigenvalue weighted by atomic mass is 10.0. The Hall–Kier alpha value is -0.480. The normalized spacial score (nSPS) is 23.5. The molecule has 2 aliphatic rings. The molecule has 1 aliphatic heterocycles. The topological polar surface area (TPSA) is 32.3 Å². The van der Waals surface area contributed by atoms with Crippen LogP contribution in [0.2, 0.25) is 10.0 Å². The van der Waals surface area contributed by atoms with Gasteiger partial charge in [-0.2, -0.15) is 0 Å². The number of piperidine rings is 1. The average Bonchev–Trinajstić information content (AvgIpc) is 3.36. The Kier molecular flexibility index (Phi) is 7.23. The van der Waals surface area contributed by atoms with Gasteiger partial charge in [0.05, 0.1) is 10.0 Å². The fraction of sp³-hybridized carbons (Fsp3) is 0.611. The van der Waals surface area contributed by atoms with Crippen molar-refractivity contribution in [3.8, 4) is 0 Å². The van der Waals surface area contributed by atoms with Crippen molar-refractivity contribution < 1.29 is 4.79 Å². The maximum absolute atomic E-state index is 13.0. The molecule has 1 N–H and O–H groups in total. The van der Waals surface area contributed by atoms with Crippen molar-refractivity contribution in [3.63, 3.8) is 0 Å². The van der Waals surface area contributed by atoms with E-state index in [1.54, 1.807) is 6.07 Å². The summed E-state index contributed by atoms with van der Waals surface area (Å²) >= 11 is 12.4. The molecule has 3 nitrogen and oxygen atoms in total. The van der Waals surface area contributed by atoms with Gasteiger partial charge in [0.2, 0.25) is 5.91 Å². The molecule has 0 radical (unpaired) electrons. The molecule has 1 saturated carbocycles. The third-order valence-corrected chi connectivity index (χ3v) is 5.82. The fourth-order valence-corrected chi connectivity index (χ4v) is 4.11. The zero-order valence-corrected chi connectivity index (χ0v) is 16.3. The predicted octanol–water partition coefficient (Wildman–Crippen LogP) is 4.51. The molecule has 1 saturated heterocycles. The van der Waals surface area contributed by atoms with Crippen molar-refractivity contribution in [1.29, 1.82) is 0 Å². The highest BCUT2D eigenvalue weighted by molar-refractivity contribution is 6.42. The summed E-state index contributed by atoms with van der Waals surface area (Å²) in [5.74, 6) is 0.613. The summed E-state index contributed by atoms with van der Waals surface area (Å²) in [6.45, 7) is 5.01. The molecule has 134 valence electrons. The molecule has 1 heterocycles. The van der Waals surface area contributed by atoms with Gasteiger partial charge < -0.3 is 10.2 Å². The number of rotatable bonds is 5. The second-order valence-electron chi connectivity index (χ2n) is 6.60. The molecule has 1 aliphatic carbocycles. The number of carbonyl (C=O) groups is 1. The van der Waals surface area contributed by atoms with E-state index in [1.165, 1.54) is 0 Å². The van der Waals surface area contributed by atoms with Crippen molar-refractivity contribution in [2.24, 2.45) is 5.92 Å². The van der Waals surface area contributed by atoms with Gasteiger partial charge in [-0.15, -0.1) is 12.4 Å². The second kappa shape index (κ2) is 8.75. The van der Waals surface area contributed by atoms with Crippen LogP contribution in [0.3, 0.4) is 0 Å². The largest absolute Gasteiger partial charge is 0.339 e.